The van der Waals surface area contributed by atoms with Gasteiger partial charge in [-0.15, -0.1) is 0 Å². The lowest BCUT2D eigenvalue weighted by molar-refractivity contribution is 0.0495. The van der Waals surface area contributed by atoms with Gasteiger partial charge in [-0.05, 0) is 30.9 Å². The number of halogens is 2. The van der Waals surface area contributed by atoms with Gasteiger partial charge in [0.2, 0.25) is 0 Å². The van der Waals surface area contributed by atoms with Gasteiger partial charge >= 0.3 is 0 Å². The summed E-state index contributed by atoms with van der Waals surface area (Å²) in [5, 5.41) is 0. The van der Waals surface area contributed by atoms with E-state index in [1.165, 1.54) is 11.0 Å². The normalized spacial score (nSPS) is 16.4. The Morgan fingerprint density at radius 2 is 2.05 bits per heavy atom. The number of hydrogen-bond acceptors (Lipinski definition) is 2. The Bertz CT molecular complexity index is 459. The van der Waals surface area contributed by atoms with Crippen LogP contribution in [0, 0.1) is 17.6 Å². The lowest BCUT2D eigenvalue weighted by atomic mass is 9.99. The van der Waals surface area contributed by atoms with Gasteiger partial charge in [0.1, 0.15) is 11.6 Å². The van der Waals surface area contributed by atoms with Crippen LogP contribution in [0.5, 0.6) is 0 Å². The molecule has 2 rings (SSSR count). The topological polar surface area (TPSA) is 29.5 Å². The fraction of sp³-hybridized carbons (Fsp3) is 0.500. The van der Waals surface area contributed by atoms with Gasteiger partial charge < -0.3 is 9.64 Å². The van der Waals surface area contributed by atoms with Crippen LogP contribution in [0.3, 0.4) is 0 Å². The molecule has 1 aromatic carbocycles. The first-order valence-corrected chi connectivity index (χ1v) is 6.36. The van der Waals surface area contributed by atoms with Crippen LogP contribution in [-0.2, 0) is 4.74 Å². The molecule has 0 N–H and O–H groups in total. The van der Waals surface area contributed by atoms with Crippen LogP contribution >= 0.6 is 0 Å². The molecule has 3 nitrogen and oxygen atoms in total. The van der Waals surface area contributed by atoms with Gasteiger partial charge in [0, 0.05) is 32.9 Å². The first-order valence-electron chi connectivity index (χ1n) is 6.36. The molecule has 0 bridgehead atoms. The Balaban J connectivity index is 2.01. The average molecular weight is 269 g/mol. The number of ether oxygens (including phenoxy) is 1. The van der Waals surface area contributed by atoms with Crippen molar-refractivity contribution in [1.29, 1.82) is 0 Å². The Hall–Kier alpha value is -1.49. The predicted molar refractivity (Wildman–Crippen MR) is 66.9 cm³/mol. The second kappa shape index (κ2) is 6.10. The van der Waals surface area contributed by atoms with E-state index in [1.54, 1.807) is 7.05 Å². The largest absolute Gasteiger partial charge is 0.381 e. The SMILES string of the molecule is CN(CC1CCOCC1)C(=O)c1ccc(F)cc1F. The highest BCUT2D eigenvalue weighted by Crippen LogP contribution is 2.18. The van der Waals surface area contributed by atoms with E-state index in [0.29, 0.717) is 25.7 Å². The maximum absolute atomic E-state index is 13.5. The summed E-state index contributed by atoms with van der Waals surface area (Å²) in [6, 6.07) is 3.02. The second-order valence-electron chi connectivity index (χ2n) is 4.87. The van der Waals surface area contributed by atoms with Crippen molar-refractivity contribution in [1.82, 2.24) is 4.90 Å². The van der Waals surface area contributed by atoms with Crippen LogP contribution in [-0.4, -0.2) is 37.6 Å². The van der Waals surface area contributed by atoms with Gasteiger partial charge in [0.05, 0.1) is 5.56 Å². The van der Waals surface area contributed by atoms with Crippen LogP contribution in [0.25, 0.3) is 0 Å². The summed E-state index contributed by atoms with van der Waals surface area (Å²) in [7, 11) is 1.64. The predicted octanol–water partition coefficient (Wildman–Crippen LogP) is 2.46. The molecule has 1 aliphatic heterocycles. The molecule has 0 radical (unpaired) electrons. The van der Waals surface area contributed by atoms with Crippen LogP contribution in [0.4, 0.5) is 8.78 Å². The summed E-state index contributed by atoms with van der Waals surface area (Å²) in [5.74, 6) is -1.53. The number of carbonyl (C=O) groups excluding carboxylic acids is 1. The first kappa shape index (κ1) is 13.9. The zero-order valence-corrected chi connectivity index (χ0v) is 10.9. The molecule has 1 aromatic rings. The molecule has 0 aromatic heterocycles. The highest BCUT2D eigenvalue weighted by molar-refractivity contribution is 5.94. The third-order valence-electron chi connectivity index (χ3n) is 3.38. The van der Waals surface area contributed by atoms with Crippen molar-refractivity contribution in [2.24, 2.45) is 5.92 Å². The summed E-state index contributed by atoms with van der Waals surface area (Å²) in [6.07, 6.45) is 1.81. The van der Waals surface area contributed by atoms with Gasteiger partial charge in [0.15, 0.2) is 0 Å². The summed E-state index contributed by atoms with van der Waals surface area (Å²) in [4.78, 5) is 13.6. The highest BCUT2D eigenvalue weighted by Gasteiger charge is 2.21. The summed E-state index contributed by atoms with van der Waals surface area (Å²) < 4.78 is 31.6. The average Bonchev–Trinajstić information content (AvgIpc) is 2.39. The van der Waals surface area contributed by atoms with Crippen LogP contribution in [0.2, 0.25) is 0 Å². The Labute approximate surface area is 111 Å². The van der Waals surface area contributed by atoms with Crippen molar-refractivity contribution in [3.8, 4) is 0 Å². The molecule has 0 atom stereocenters. The molecule has 0 saturated carbocycles. The lowest BCUT2D eigenvalue weighted by Gasteiger charge is -2.27. The van der Waals surface area contributed by atoms with Crippen molar-refractivity contribution in [2.75, 3.05) is 26.8 Å². The molecule has 1 aliphatic rings. The molecule has 19 heavy (non-hydrogen) atoms. The molecule has 1 saturated heterocycles. The quantitative estimate of drug-likeness (QED) is 0.843. The minimum Gasteiger partial charge on any atom is -0.381 e. The van der Waals surface area contributed by atoms with E-state index in [4.69, 9.17) is 4.74 Å². The lowest BCUT2D eigenvalue weighted by Crippen LogP contribution is -2.34. The Morgan fingerprint density at radius 3 is 2.68 bits per heavy atom. The van der Waals surface area contributed by atoms with Gasteiger partial charge in [-0.1, -0.05) is 0 Å². The number of benzene rings is 1. The van der Waals surface area contributed by atoms with Gasteiger partial charge in [-0.2, -0.15) is 0 Å². The summed E-state index contributed by atoms with van der Waals surface area (Å²) >= 11 is 0. The van der Waals surface area contributed by atoms with E-state index in [1.807, 2.05) is 0 Å². The minimum atomic E-state index is -0.816. The van der Waals surface area contributed by atoms with Gasteiger partial charge in [0.25, 0.3) is 5.91 Å². The molecule has 0 spiro atoms. The molecule has 1 fully saturated rings. The van der Waals surface area contributed by atoms with Crippen LogP contribution in [0.15, 0.2) is 18.2 Å². The van der Waals surface area contributed by atoms with E-state index in [2.05, 4.69) is 0 Å². The molecular formula is C14H17F2NO2. The fourth-order valence-electron chi connectivity index (χ4n) is 2.27. The fourth-order valence-corrected chi connectivity index (χ4v) is 2.27. The van der Waals surface area contributed by atoms with Crippen molar-refractivity contribution in [3.63, 3.8) is 0 Å². The second-order valence-corrected chi connectivity index (χ2v) is 4.87. The molecule has 1 amide bonds. The van der Waals surface area contributed by atoms with Crippen molar-refractivity contribution < 1.29 is 18.3 Å². The third-order valence-corrected chi connectivity index (χ3v) is 3.38. The van der Waals surface area contributed by atoms with Crippen LogP contribution < -0.4 is 0 Å². The van der Waals surface area contributed by atoms with Crippen molar-refractivity contribution >= 4 is 5.91 Å². The minimum absolute atomic E-state index is 0.0871. The van der Waals surface area contributed by atoms with Crippen molar-refractivity contribution in [3.05, 3.63) is 35.4 Å². The zero-order valence-electron chi connectivity index (χ0n) is 10.9. The number of carbonyl (C=O) groups is 1. The van der Waals surface area contributed by atoms with E-state index in [9.17, 15) is 13.6 Å². The third kappa shape index (κ3) is 3.50. The maximum Gasteiger partial charge on any atom is 0.256 e. The monoisotopic (exact) mass is 269 g/mol. The number of rotatable bonds is 3. The molecule has 0 aliphatic carbocycles. The number of amides is 1. The smallest absolute Gasteiger partial charge is 0.256 e. The first-order chi connectivity index (χ1) is 9.08. The zero-order chi connectivity index (χ0) is 13.8. The standard InChI is InChI=1S/C14H17F2NO2/c1-17(9-10-4-6-19-7-5-10)14(18)12-3-2-11(15)8-13(12)16/h2-3,8,10H,4-7,9H2,1H3. The maximum atomic E-state index is 13.5. The van der Waals surface area contributed by atoms with Crippen molar-refractivity contribution in [2.45, 2.75) is 12.8 Å². The van der Waals surface area contributed by atoms with Gasteiger partial charge in [-0.25, -0.2) is 8.78 Å². The highest BCUT2D eigenvalue weighted by atomic mass is 19.1. The molecule has 1 heterocycles. The number of hydrogen-bond donors (Lipinski definition) is 0. The van der Waals surface area contributed by atoms with E-state index >= 15 is 0 Å². The number of nitrogens with zero attached hydrogens (tertiary/aromatic N) is 1. The summed E-state index contributed by atoms with van der Waals surface area (Å²) in [5.41, 5.74) is -0.0871. The van der Waals surface area contributed by atoms with E-state index < -0.39 is 17.5 Å². The molecule has 104 valence electrons. The molecular weight excluding hydrogens is 252 g/mol. The summed E-state index contributed by atoms with van der Waals surface area (Å²) in [6.45, 7) is 1.98. The Kier molecular flexibility index (Phi) is 4.47. The van der Waals surface area contributed by atoms with Crippen LogP contribution in [0.1, 0.15) is 23.2 Å². The molecule has 0 unspecified atom stereocenters. The van der Waals surface area contributed by atoms with Gasteiger partial charge in [-0.3, -0.25) is 4.79 Å². The van der Waals surface area contributed by atoms with E-state index in [-0.39, 0.29) is 5.56 Å². The Morgan fingerprint density at radius 1 is 1.37 bits per heavy atom. The van der Waals surface area contributed by atoms with E-state index in [0.717, 1.165) is 25.0 Å². The molecule has 5 heteroatoms.